The minimum absolute atomic E-state index is 0.0634. The third-order valence-corrected chi connectivity index (χ3v) is 4.75. The summed E-state index contributed by atoms with van der Waals surface area (Å²) in [4.78, 5) is 40.7. The monoisotopic (exact) mass is 362 g/mol. The zero-order valence-corrected chi connectivity index (χ0v) is 15.2. The Morgan fingerprint density at radius 1 is 1.19 bits per heavy atom. The highest BCUT2D eigenvalue weighted by Crippen LogP contribution is 2.29. The maximum absolute atomic E-state index is 13.0. The molecule has 1 fully saturated rings. The van der Waals surface area contributed by atoms with Crippen molar-refractivity contribution in [1.82, 2.24) is 20.4 Å². The molecule has 1 unspecified atom stereocenters. The average molecular weight is 362 g/mol. The summed E-state index contributed by atoms with van der Waals surface area (Å²) < 4.78 is 0. The van der Waals surface area contributed by atoms with Crippen LogP contribution in [0.3, 0.4) is 0 Å². The molecule has 3 N–H and O–H groups in total. The van der Waals surface area contributed by atoms with Crippen LogP contribution >= 0.6 is 0 Å². The van der Waals surface area contributed by atoms with Crippen LogP contribution in [0.25, 0.3) is 0 Å². The summed E-state index contributed by atoms with van der Waals surface area (Å²) >= 11 is 0. The molecule has 0 radical (unpaired) electrons. The number of benzene rings is 1. The van der Waals surface area contributed by atoms with Crippen molar-refractivity contribution in [3.63, 3.8) is 0 Å². The highest BCUT2D eigenvalue weighted by Gasteiger charge is 2.47. The van der Waals surface area contributed by atoms with E-state index in [1.807, 2.05) is 19.1 Å². The molecule has 0 aliphatic carbocycles. The Bertz CT molecular complexity index is 641. The number of amides is 3. The van der Waals surface area contributed by atoms with E-state index < -0.39 is 17.5 Å². The molecule has 8 nitrogen and oxygen atoms in total. The van der Waals surface area contributed by atoms with Gasteiger partial charge in [-0.05, 0) is 12.5 Å². The number of carbonyl (C=O) groups is 3. The number of aldehydes is 1. The normalized spacial score (nSPS) is 18.0. The van der Waals surface area contributed by atoms with Gasteiger partial charge in [0.05, 0.1) is 6.61 Å². The molecule has 26 heavy (non-hydrogen) atoms. The van der Waals surface area contributed by atoms with Gasteiger partial charge in [0.25, 0.3) is 5.91 Å². The number of β-amino-alcohol motifs (C(OH)–C–C–N with tert-alkyl or cyclic N) is 1. The maximum atomic E-state index is 13.0. The summed E-state index contributed by atoms with van der Waals surface area (Å²) in [6, 6.07) is 6.50. The summed E-state index contributed by atoms with van der Waals surface area (Å²) in [5.41, 5.74) is -0.0472. The molecule has 0 saturated carbocycles. The number of aliphatic hydroxyl groups is 1. The lowest BCUT2D eigenvalue weighted by Gasteiger charge is -2.43. The van der Waals surface area contributed by atoms with E-state index in [2.05, 4.69) is 15.5 Å². The number of aliphatic hydroxyl groups excluding tert-OH is 1. The molecule has 1 saturated heterocycles. The van der Waals surface area contributed by atoms with E-state index in [-0.39, 0.29) is 6.61 Å². The number of nitrogens with zero attached hydrogens (tertiary/aromatic N) is 2. The summed E-state index contributed by atoms with van der Waals surface area (Å²) in [6.45, 7) is 4.71. The summed E-state index contributed by atoms with van der Waals surface area (Å²) in [5.74, 6) is -0.675. The van der Waals surface area contributed by atoms with E-state index in [4.69, 9.17) is 5.11 Å². The van der Waals surface area contributed by atoms with Crippen LogP contribution < -0.4 is 10.6 Å². The van der Waals surface area contributed by atoms with Crippen molar-refractivity contribution in [2.75, 3.05) is 46.4 Å². The van der Waals surface area contributed by atoms with Crippen LogP contribution in [-0.4, -0.2) is 79.5 Å². The second kappa shape index (κ2) is 8.88. The molecule has 1 atom stereocenters. The van der Waals surface area contributed by atoms with Gasteiger partial charge in [0.15, 0.2) is 11.8 Å². The van der Waals surface area contributed by atoms with Gasteiger partial charge in [-0.1, -0.05) is 29.8 Å². The minimum Gasteiger partial charge on any atom is -0.395 e. The molecule has 142 valence electrons. The lowest BCUT2D eigenvalue weighted by molar-refractivity contribution is -0.141. The highest BCUT2D eigenvalue weighted by atomic mass is 16.3. The molecule has 0 spiro atoms. The zero-order valence-electron chi connectivity index (χ0n) is 15.2. The molecule has 3 amide bonds. The van der Waals surface area contributed by atoms with Gasteiger partial charge in [-0.2, -0.15) is 0 Å². The molecule has 2 rings (SSSR count). The first-order chi connectivity index (χ1) is 12.5. The van der Waals surface area contributed by atoms with Crippen molar-refractivity contribution >= 4 is 18.2 Å². The molecule has 1 aromatic carbocycles. The number of rotatable bonds is 6. The fraction of sp³-hybridized carbons (Fsp3) is 0.500. The minimum atomic E-state index is -1.58. The SMILES string of the molecule is CNC(=O)NC(=O)C(C=O)(c1ccc(C)cc1)N1CCN(CCO)CC1. The fourth-order valence-corrected chi connectivity index (χ4v) is 3.19. The number of urea groups is 1. The Balaban J connectivity index is 2.37. The van der Waals surface area contributed by atoms with Crippen LogP contribution in [0.1, 0.15) is 11.1 Å². The van der Waals surface area contributed by atoms with Crippen LogP contribution in [0.5, 0.6) is 0 Å². The molecule has 1 aliphatic rings. The van der Waals surface area contributed by atoms with E-state index in [0.29, 0.717) is 44.6 Å². The Labute approximate surface area is 153 Å². The molecule has 1 heterocycles. The fourth-order valence-electron chi connectivity index (χ4n) is 3.19. The maximum Gasteiger partial charge on any atom is 0.321 e. The first kappa shape index (κ1) is 20.0. The van der Waals surface area contributed by atoms with Crippen LogP contribution in [0.15, 0.2) is 24.3 Å². The molecule has 8 heteroatoms. The van der Waals surface area contributed by atoms with Crippen LogP contribution in [0.4, 0.5) is 4.79 Å². The molecule has 1 aromatic rings. The summed E-state index contributed by atoms with van der Waals surface area (Å²) in [5, 5.41) is 13.7. The quantitative estimate of drug-likeness (QED) is 0.464. The highest BCUT2D eigenvalue weighted by molar-refractivity contribution is 6.08. The Morgan fingerprint density at radius 3 is 2.31 bits per heavy atom. The van der Waals surface area contributed by atoms with Gasteiger partial charge >= 0.3 is 6.03 Å². The van der Waals surface area contributed by atoms with E-state index in [9.17, 15) is 14.4 Å². The Morgan fingerprint density at radius 2 is 1.81 bits per heavy atom. The van der Waals surface area contributed by atoms with Crippen molar-refractivity contribution in [2.24, 2.45) is 0 Å². The van der Waals surface area contributed by atoms with Crippen LogP contribution in [0.2, 0.25) is 0 Å². The summed E-state index contributed by atoms with van der Waals surface area (Å²) in [6.07, 6.45) is 0.609. The van der Waals surface area contributed by atoms with E-state index in [1.54, 1.807) is 17.0 Å². The smallest absolute Gasteiger partial charge is 0.321 e. The Kier molecular flexibility index (Phi) is 6.84. The van der Waals surface area contributed by atoms with Gasteiger partial charge in [0.1, 0.15) is 0 Å². The lowest BCUT2D eigenvalue weighted by Crippen LogP contribution is -2.63. The number of aryl methyl sites for hydroxylation is 1. The van der Waals surface area contributed by atoms with Gasteiger partial charge in [-0.3, -0.25) is 19.9 Å². The second-order valence-electron chi connectivity index (χ2n) is 6.34. The molecule has 0 bridgehead atoms. The number of piperazine rings is 1. The van der Waals surface area contributed by atoms with Gasteiger partial charge in [-0.15, -0.1) is 0 Å². The van der Waals surface area contributed by atoms with Crippen molar-refractivity contribution in [3.8, 4) is 0 Å². The van der Waals surface area contributed by atoms with E-state index >= 15 is 0 Å². The van der Waals surface area contributed by atoms with Crippen LogP contribution in [0, 0.1) is 6.92 Å². The molecule has 0 aromatic heterocycles. The third-order valence-electron chi connectivity index (χ3n) is 4.75. The number of imide groups is 1. The second-order valence-corrected chi connectivity index (χ2v) is 6.34. The first-order valence-electron chi connectivity index (χ1n) is 8.62. The van der Waals surface area contributed by atoms with Gasteiger partial charge in [0, 0.05) is 39.8 Å². The predicted molar refractivity (Wildman–Crippen MR) is 96.6 cm³/mol. The average Bonchev–Trinajstić information content (AvgIpc) is 2.65. The summed E-state index contributed by atoms with van der Waals surface area (Å²) in [7, 11) is 1.41. The largest absolute Gasteiger partial charge is 0.395 e. The van der Waals surface area contributed by atoms with Crippen molar-refractivity contribution in [1.29, 1.82) is 0 Å². The first-order valence-corrected chi connectivity index (χ1v) is 8.62. The number of nitrogens with one attached hydrogen (secondary N) is 2. The topological polar surface area (TPSA) is 102 Å². The standard InChI is InChI=1S/C18H26N4O4/c1-14-3-5-15(6-4-14)18(13-24,16(25)20-17(26)19-2)22-9-7-21(8-10-22)11-12-23/h3-6,13,23H,7-12H2,1-2H3,(H2,19,20,25,26). The zero-order chi connectivity index (χ0) is 19.2. The molecular weight excluding hydrogens is 336 g/mol. The van der Waals surface area contributed by atoms with Gasteiger partial charge in [-0.25, -0.2) is 4.79 Å². The number of hydrogen-bond acceptors (Lipinski definition) is 6. The van der Waals surface area contributed by atoms with Crippen LogP contribution in [-0.2, 0) is 15.1 Å². The van der Waals surface area contributed by atoms with Crippen molar-refractivity contribution in [3.05, 3.63) is 35.4 Å². The van der Waals surface area contributed by atoms with Gasteiger partial charge in [0.2, 0.25) is 0 Å². The van der Waals surface area contributed by atoms with E-state index in [0.717, 1.165) is 5.56 Å². The van der Waals surface area contributed by atoms with Gasteiger partial charge < -0.3 is 15.2 Å². The van der Waals surface area contributed by atoms with E-state index in [1.165, 1.54) is 7.05 Å². The molecule has 1 aliphatic heterocycles. The number of hydrogen-bond donors (Lipinski definition) is 3. The third kappa shape index (κ3) is 4.09. The van der Waals surface area contributed by atoms with Crippen molar-refractivity contribution < 1.29 is 19.5 Å². The predicted octanol–water partition coefficient (Wildman–Crippen LogP) is -0.545. The lowest BCUT2D eigenvalue weighted by atomic mass is 9.87. The Hall–Kier alpha value is -2.29. The van der Waals surface area contributed by atoms with Crippen molar-refractivity contribution in [2.45, 2.75) is 12.5 Å². The molecular formula is C18H26N4O4. The number of carbonyl (C=O) groups excluding carboxylic acids is 3.